The highest BCUT2D eigenvalue weighted by atomic mass is 32.1. The molecular formula is C22H21N3OS3. The average Bonchev–Trinajstić information content (AvgIpc) is 3.48. The van der Waals surface area contributed by atoms with E-state index in [0.717, 1.165) is 24.2 Å². The molecule has 1 saturated carbocycles. The Kier molecular flexibility index (Phi) is 4.97. The van der Waals surface area contributed by atoms with Crippen LogP contribution in [-0.4, -0.2) is 21.6 Å². The zero-order valence-electron chi connectivity index (χ0n) is 16.2. The highest BCUT2D eigenvalue weighted by molar-refractivity contribution is 7.12. The van der Waals surface area contributed by atoms with Crippen molar-refractivity contribution in [1.82, 2.24) is 9.99 Å². The molecular weight excluding hydrogens is 418 g/mol. The van der Waals surface area contributed by atoms with E-state index >= 15 is 0 Å². The van der Waals surface area contributed by atoms with Crippen LogP contribution in [0.5, 0.6) is 0 Å². The van der Waals surface area contributed by atoms with Crippen LogP contribution in [0.25, 0.3) is 6.08 Å². The largest absolute Gasteiger partial charge is 0.286 e. The number of aryl methyl sites for hydroxylation is 1. The summed E-state index contributed by atoms with van der Waals surface area (Å²) in [6, 6.07) is 8.38. The molecule has 7 heteroatoms. The molecule has 4 nitrogen and oxygen atoms in total. The lowest BCUT2D eigenvalue weighted by Crippen LogP contribution is -2.32. The lowest BCUT2D eigenvalue weighted by atomic mass is 9.74. The van der Waals surface area contributed by atoms with E-state index in [9.17, 15) is 4.79 Å². The molecule has 3 aromatic rings. The molecule has 1 aliphatic heterocycles. The Morgan fingerprint density at radius 1 is 1.21 bits per heavy atom. The van der Waals surface area contributed by atoms with E-state index in [2.05, 4.69) is 53.0 Å². The number of carbonyl (C=O) groups excluding carboxylic acids is 1. The summed E-state index contributed by atoms with van der Waals surface area (Å²) in [6.45, 7) is 4.20. The van der Waals surface area contributed by atoms with Crippen LogP contribution in [0.15, 0.2) is 51.2 Å². The third kappa shape index (κ3) is 3.41. The first kappa shape index (κ1) is 18.9. The summed E-state index contributed by atoms with van der Waals surface area (Å²) in [5, 5.41) is 10.9. The molecule has 0 saturated heterocycles. The van der Waals surface area contributed by atoms with E-state index in [0.29, 0.717) is 10.8 Å². The number of thiazole rings is 1. The highest BCUT2D eigenvalue weighted by Gasteiger charge is 2.46. The van der Waals surface area contributed by atoms with Crippen LogP contribution in [0.2, 0.25) is 0 Å². The molecule has 0 bridgehead atoms. The number of hydrogen-bond donors (Lipinski definition) is 0. The molecule has 2 aliphatic rings. The number of fused-ring (bicyclic) bond motifs is 1. The summed E-state index contributed by atoms with van der Waals surface area (Å²) in [5.41, 5.74) is 4.88. The van der Waals surface area contributed by atoms with Crippen LogP contribution < -0.4 is 0 Å². The van der Waals surface area contributed by atoms with Gasteiger partial charge in [0.1, 0.15) is 4.88 Å². The average molecular weight is 440 g/mol. The van der Waals surface area contributed by atoms with E-state index in [-0.39, 0.29) is 17.9 Å². The molecule has 0 aromatic carbocycles. The van der Waals surface area contributed by atoms with Crippen LogP contribution in [-0.2, 0) is 0 Å². The Hall–Kier alpha value is -2.09. The van der Waals surface area contributed by atoms with Gasteiger partial charge in [0.15, 0.2) is 0 Å². The van der Waals surface area contributed by atoms with Gasteiger partial charge in [0.25, 0.3) is 5.91 Å². The SMILES string of the molecule is Cc1ncsc1C(=O)N1N=C2/C(=C/c3cccs3)C[C@H](C)C[C@@H]2[C@H]1c1cccs1. The van der Waals surface area contributed by atoms with Crippen molar-refractivity contribution < 1.29 is 4.79 Å². The summed E-state index contributed by atoms with van der Waals surface area (Å²) in [4.78, 5) is 20.9. The number of nitrogens with zero attached hydrogens (tertiary/aromatic N) is 3. The van der Waals surface area contributed by atoms with E-state index in [4.69, 9.17) is 5.10 Å². The first-order valence-electron chi connectivity index (χ1n) is 9.72. The van der Waals surface area contributed by atoms with Crippen LogP contribution in [0.3, 0.4) is 0 Å². The maximum atomic E-state index is 13.5. The molecule has 1 aliphatic carbocycles. The van der Waals surface area contributed by atoms with Crippen molar-refractivity contribution in [3.63, 3.8) is 0 Å². The van der Waals surface area contributed by atoms with E-state index in [1.807, 2.05) is 6.92 Å². The molecule has 1 amide bonds. The van der Waals surface area contributed by atoms with Crippen molar-refractivity contribution in [2.24, 2.45) is 16.9 Å². The van der Waals surface area contributed by atoms with Gasteiger partial charge in [-0.2, -0.15) is 5.10 Å². The van der Waals surface area contributed by atoms with Crippen molar-refractivity contribution in [3.8, 4) is 0 Å². The van der Waals surface area contributed by atoms with Gasteiger partial charge in [0.2, 0.25) is 0 Å². The molecule has 29 heavy (non-hydrogen) atoms. The Morgan fingerprint density at radius 2 is 2.03 bits per heavy atom. The number of hydrogen-bond acceptors (Lipinski definition) is 6. The van der Waals surface area contributed by atoms with Gasteiger partial charge in [0.05, 0.1) is 23.0 Å². The fourth-order valence-corrected chi connectivity index (χ4v) is 6.64. The molecule has 148 valence electrons. The molecule has 0 unspecified atom stereocenters. The minimum Gasteiger partial charge on any atom is -0.266 e. The summed E-state index contributed by atoms with van der Waals surface area (Å²) in [6.07, 6.45) is 4.32. The fourth-order valence-electron chi connectivity index (χ4n) is 4.35. The second-order valence-corrected chi connectivity index (χ2v) is 10.5. The number of carbonyl (C=O) groups is 1. The summed E-state index contributed by atoms with van der Waals surface area (Å²) >= 11 is 4.85. The van der Waals surface area contributed by atoms with Crippen molar-refractivity contribution in [2.45, 2.75) is 32.7 Å². The monoisotopic (exact) mass is 439 g/mol. The van der Waals surface area contributed by atoms with Crippen LogP contribution >= 0.6 is 34.0 Å². The zero-order valence-corrected chi connectivity index (χ0v) is 18.7. The van der Waals surface area contributed by atoms with Crippen LogP contribution in [0.4, 0.5) is 0 Å². The number of hydrazone groups is 1. The molecule has 3 aromatic heterocycles. The topological polar surface area (TPSA) is 45.6 Å². The minimum absolute atomic E-state index is 0.0338. The first-order valence-corrected chi connectivity index (χ1v) is 12.4. The third-order valence-corrected chi connectivity index (χ3v) is 8.29. The zero-order chi connectivity index (χ0) is 20.0. The van der Waals surface area contributed by atoms with E-state index < -0.39 is 0 Å². The van der Waals surface area contributed by atoms with Gasteiger partial charge in [0, 0.05) is 15.7 Å². The number of allylic oxidation sites excluding steroid dienone is 1. The molecule has 0 radical (unpaired) electrons. The highest BCUT2D eigenvalue weighted by Crippen LogP contribution is 2.47. The molecule has 3 atom stereocenters. The number of aromatic nitrogens is 1. The lowest BCUT2D eigenvalue weighted by Gasteiger charge is -2.31. The summed E-state index contributed by atoms with van der Waals surface area (Å²) in [5.74, 6) is 0.766. The van der Waals surface area contributed by atoms with Crippen LogP contribution in [0, 0.1) is 18.8 Å². The number of amides is 1. The summed E-state index contributed by atoms with van der Waals surface area (Å²) in [7, 11) is 0. The fraction of sp³-hybridized carbons (Fsp3) is 0.318. The predicted octanol–water partition coefficient (Wildman–Crippen LogP) is 6.26. The molecule has 1 fully saturated rings. The first-order chi connectivity index (χ1) is 14.1. The second-order valence-electron chi connectivity index (χ2n) is 7.70. The second kappa shape index (κ2) is 7.63. The number of rotatable bonds is 3. The Balaban J connectivity index is 1.60. The smallest absolute Gasteiger partial charge is 0.266 e. The van der Waals surface area contributed by atoms with Crippen molar-refractivity contribution >= 4 is 51.7 Å². The maximum absolute atomic E-state index is 13.5. The summed E-state index contributed by atoms with van der Waals surface area (Å²) < 4.78 is 0. The number of thiophene rings is 2. The predicted molar refractivity (Wildman–Crippen MR) is 122 cm³/mol. The third-order valence-electron chi connectivity index (χ3n) is 5.61. The van der Waals surface area contributed by atoms with Crippen molar-refractivity contribution in [2.75, 3.05) is 0 Å². The molecule has 4 heterocycles. The van der Waals surface area contributed by atoms with Crippen molar-refractivity contribution in [1.29, 1.82) is 0 Å². The van der Waals surface area contributed by atoms with Gasteiger partial charge in [-0.15, -0.1) is 34.0 Å². The Morgan fingerprint density at radius 3 is 2.72 bits per heavy atom. The maximum Gasteiger partial charge on any atom is 0.286 e. The van der Waals surface area contributed by atoms with Gasteiger partial charge >= 0.3 is 0 Å². The lowest BCUT2D eigenvalue weighted by molar-refractivity contribution is 0.0684. The van der Waals surface area contributed by atoms with Gasteiger partial charge in [-0.25, -0.2) is 9.99 Å². The van der Waals surface area contributed by atoms with E-state index in [1.165, 1.54) is 26.7 Å². The van der Waals surface area contributed by atoms with Gasteiger partial charge in [-0.1, -0.05) is 19.1 Å². The molecule has 0 N–H and O–H groups in total. The quantitative estimate of drug-likeness (QED) is 0.484. The van der Waals surface area contributed by atoms with Gasteiger partial charge in [-0.3, -0.25) is 4.79 Å². The normalized spacial score (nSPS) is 25.3. The van der Waals surface area contributed by atoms with E-state index in [1.54, 1.807) is 33.2 Å². The molecule has 5 rings (SSSR count). The van der Waals surface area contributed by atoms with Crippen LogP contribution in [0.1, 0.15) is 50.9 Å². The van der Waals surface area contributed by atoms with Gasteiger partial charge < -0.3 is 0 Å². The Labute approximate surface area is 182 Å². The van der Waals surface area contributed by atoms with Gasteiger partial charge in [-0.05, 0) is 60.2 Å². The molecule has 0 spiro atoms. The van der Waals surface area contributed by atoms with Crippen molar-refractivity contribution in [3.05, 3.63) is 66.4 Å². The Bertz CT molecular complexity index is 1080. The standard InChI is InChI=1S/C22H21N3OS3/c1-13-9-15(11-16-5-3-7-27-16)19-17(10-13)20(18-6-4-8-28-18)25(24-19)22(26)21-14(2)23-12-29-21/h3-8,11-13,17,20H,9-10H2,1-2H3/b15-11+/t13-,17-,20-/m0/s1. The minimum atomic E-state index is -0.0339.